The number of aliphatic hydroxyl groups is 1. The molecule has 0 aliphatic heterocycles. The average molecular weight is 359 g/mol. The largest absolute Gasteiger partial charge is 0.472 e. The molecule has 2 aliphatic carbocycles. The second kappa shape index (κ2) is 7.80. The van der Waals surface area contributed by atoms with Crippen molar-refractivity contribution in [3.8, 4) is 5.88 Å². The summed E-state index contributed by atoms with van der Waals surface area (Å²) >= 11 is 5.93. The lowest BCUT2D eigenvalue weighted by Gasteiger charge is -2.28. The number of aliphatic hydroxyl groups excluding tert-OH is 1. The molecular weight excluding hydrogens is 335 g/mol. The van der Waals surface area contributed by atoms with Gasteiger partial charge in [0.25, 0.3) is 5.88 Å². The van der Waals surface area contributed by atoms with E-state index in [0.29, 0.717) is 12.8 Å². The SMILES string of the molecule is N[C@H]1CCCC(Oc2nc(Cl)nc(N[C@H]3CCCC(O)C3)c2F)C1. The van der Waals surface area contributed by atoms with Crippen molar-refractivity contribution in [3.63, 3.8) is 0 Å². The Morgan fingerprint density at radius 1 is 1.17 bits per heavy atom. The molecule has 0 bridgehead atoms. The van der Waals surface area contributed by atoms with Crippen LogP contribution in [0.25, 0.3) is 0 Å². The molecule has 0 saturated heterocycles. The number of hydrogen-bond donors (Lipinski definition) is 3. The van der Waals surface area contributed by atoms with Crippen LogP contribution in [0.1, 0.15) is 51.4 Å². The van der Waals surface area contributed by atoms with E-state index in [9.17, 15) is 9.50 Å². The van der Waals surface area contributed by atoms with Crippen molar-refractivity contribution in [2.24, 2.45) is 5.73 Å². The second-order valence-electron chi connectivity index (χ2n) is 6.79. The Balaban J connectivity index is 1.72. The molecule has 2 unspecified atom stereocenters. The van der Waals surface area contributed by atoms with Crippen LogP contribution >= 0.6 is 11.6 Å². The summed E-state index contributed by atoms with van der Waals surface area (Å²) in [6.45, 7) is 0. The monoisotopic (exact) mass is 358 g/mol. The van der Waals surface area contributed by atoms with E-state index < -0.39 is 5.82 Å². The van der Waals surface area contributed by atoms with Gasteiger partial charge in [-0.3, -0.25) is 0 Å². The fourth-order valence-corrected chi connectivity index (χ4v) is 3.67. The van der Waals surface area contributed by atoms with Crippen LogP contribution in [-0.2, 0) is 0 Å². The van der Waals surface area contributed by atoms with Crippen LogP contribution in [-0.4, -0.2) is 39.4 Å². The summed E-state index contributed by atoms with van der Waals surface area (Å²) < 4.78 is 20.4. The van der Waals surface area contributed by atoms with E-state index in [0.717, 1.165) is 38.5 Å². The highest BCUT2D eigenvalue weighted by molar-refractivity contribution is 6.28. The Labute approximate surface area is 146 Å². The molecule has 6 nitrogen and oxygen atoms in total. The van der Waals surface area contributed by atoms with Gasteiger partial charge in [0.2, 0.25) is 11.1 Å². The van der Waals surface area contributed by atoms with Crippen LogP contribution in [0.5, 0.6) is 5.88 Å². The van der Waals surface area contributed by atoms with Gasteiger partial charge in [-0.2, -0.15) is 14.4 Å². The molecule has 134 valence electrons. The predicted molar refractivity (Wildman–Crippen MR) is 89.7 cm³/mol. The van der Waals surface area contributed by atoms with Gasteiger partial charge in [-0.1, -0.05) is 0 Å². The predicted octanol–water partition coefficient (Wildman–Crippen LogP) is 2.63. The minimum Gasteiger partial charge on any atom is -0.472 e. The summed E-state index contributed by atoms with van der Waals surface area (Å²) in [6, 6.07) is 0.0376. The summed E-state index contributed by atoms with van der Waals surface area (Å²) in [5.74, 6) is -0.740. The molecule has 1 aromatic heterocycles. The van der Waals surface area contributed by atoms with Crippen LogP contribution in [0.15, 0.2) is 0 Å². The van der Waals surface area contributed by atoms with Gasteiger partial charge in [0.15, 0.2) is 5.82 Å². The quantitative estimate of drug-likeness (QED) is 0.716. The molecule has 0 spiro atoms. The first-order valence-corrected chi connectivity index (χ1v) is 8.99. The molecule has 1 heterocycles. The van der Waals surface area contributed by atoms with Crippen LogP contribution in [0.3, 0.4) is 0 Å². The van der Waals surface area contributed by atoms with Crippen molar-refractivity contribution in [1.82, 2.24) is 9.97 Å². The molecule has 0 radical (unpaired) electrons. The van der Waals surface area contributed by atoms with E-state index in [1.807, 2.05) is 0 Å². The first-order chi connectivity index (χ1) is 11.5. The lowest BCUT2D eigenvalue weighted by atomic mass is 9.93. The van der Waals surface area contributed by atoms with E-state index in [1.165, 1.54) is 0 Å². The third-order valence-electron chi connectivity index (χ3n) is 4.73. The third-order valence-corrected chi connectivity index (χ3v) is 4.89. The standard InChI is InChI=1S/C16H24ClFN4O2/c17-16-21-14(20-10-4-2-5-11(23)8-10)13(18)15(22-16)24-12-6-1-3-9(19)7-12/h9-12,23H,1-8,19H2,(H,20,21,22)/t9-,10-,11?,12?/m0/s1. The lowest BCUT2D eigenvalue weighted by molar-refractivity contribution is 0.124. The zero-order chi connectivity index (χ0) is 17.1. The smallest absolute Gasteiger partial charge is 0.257 e. The maximum absolute atomic E-state index is 14.7. The van der Waals surface area contributed by atoms with Crippen molar-refractivity contribution >= 4 is 17.4 Å². The summed E-state index contributed by atoms with van der Waals surface area (Å²) in [7, 11) is 0. The van der Waals surface area contributed by atoms with Gasteiger partial charge in [0.05, 0.1) is 6.10 Å². The molecule has 0 amide bonds. The highest BCUT2D eigenvalue weighted by Crippen LogP contribution is 2.29. The highest BCUT2D eigenvalue weighted by Gasteiger charge is 2.26. The van der Waals surface area contributed by atoms with E-state index in [-0.39, 0.29) is 41.3 Å². The minimum atomic E-state index is -0.640. The van der Waals surface area contributed by atoms with Gasteiger partial charge in [-0.05, 0) is 63.0 Å². The van der Waals surface area contributed by atoms with Gasteiger partial charge in [-0.15, -0.1) is 0 Å². The number of hydrogen-bond acceptors (Lipinski definition) is 6. The van der Waals surface area contributed by atoms with Gasteiger partial charge in [0, 0.05) is 12.1 Å². The number of nitrogens with zero attached hydrogens (tertiary/aromatic N) is 2. The number of nitrogens with two attached hydrogens (primary N) is 1. The molecule has 2 aliphatic rings. The summed E-state index contributed by atoms with van der Waals surface area (Å²) in [5, 5.41) is 12.7. The van der Waals surface area contributed by atoms with Crippen molar-refractivity contribution in [2.45, 2.75) is 75.7 Å². The molecule has 2 fully saturated rings. The van der Waals surface area contributed by atoms with Crippen LogP contribution in [0.2, 0.25) is 5.28 Å². The molecular formula is C16H24ClFN4O2. The number of nitrogens with one attached hydrogen (secondary N) is 1. The van der Waals surface area contributed by atoms with Crippen molar-refractivity contribution < 1.29 is 14.2 Å². The fraction of sp³-hybridized carbons (Fsp3) is 0.750. The van der Waals surface area contributed by atoms with Crippen LogP contribution < -0.4 is 15.8 Å². The van der Waals surface area contributed by atoms with Crippen LogP contribution in [0, 0.1) is 5.82 Å². The van der Waals surface area contributed by atoms with E-state index >= 15 is 0 Å². The number of anilines is 1. The number of aromatic nitrogens is 2. The molecule has 8 heteroatoms. The van der Waals surface area contributed by atoms with Crippen molar-refractivity contribution in [3.05, 3.63) is 11.1 Å². The molecule has 4 atom stereocenters. The van der Waals surface area contributed by atoms with Gasteiger partial charge < -0.3 is 20.9 Å². The van der Waals surface area contributed by atoms with E-state index in [4.69, 9.17) is 22.1 Å². The molecule has 3 rings (SSSR count). The minimum absolute atomic E-state index is 0.0317. The van der Waals surface area contributed by atoms with E-state index in [2.05, 4.69) is 15.3 Å². The normalized spacial score (nSPS) is 30.8. The fourth-order valence-electron chi connectivity index (χ4n) is 3.51. The molecule has 0 aromatic carbocycles. The zero-order valence-electron chi connectivity index (χ0n) is 13.5. The summed E-state index contributed by atoms with van der Waals surface area (Å²) in [4.78, 5) is 7.83. The lowest BCUT2D eigenvalue weighted by Crippen LogP contribution is -2.34. The van der Waals surface area contributed by atoms with Crippen molar-refractivity contribution in [1.29, 1.82) is 0 Å². The Bertz CT molecular complexity index is 532. The van der Waals surface area contributed by atoms with Crippen LogP contribution in [0.4, 0.5) is 10.2 Å². The Kier molecular flexibility index (Phi) is 5.73. The van der Waals surface area contributed by atoms with Gasteiger partial charge >= 0.3 is 0 Å². The highest BCUT2D eigenvalue weighted by atomic mass is 35.5. The number of halogens is 2. The topological polar surface area (TPSA) is 93.3 Å². The second-order valence-corrected chi connectivity index (χ2v) is 7.13. The van der Waals surface area contributed by atoms with Gasteiger partial charge in [-0.25, -0.2) is 0 Å². The zero-order valence-corrected chi connectivity index (χ0v) is 14.3. The Hall–Kier alpha value is -1.18. The molecule has 4 N–H and O–H groups in total. The maximum atomic E-state index is 14.7. The molecule has 2 saturated carbocycles. The Morgan fingerprint density at radius 2 is 1.96 bits per heavy atom. The van der Waals surface area contributed by atoms with Crippen molar-refractivity contribution in [2.75, 3.05) is 5.32 Å². The molecule has 1 aromatic rings. The van der Waals surface area contributed by atoms with E-state index in [1.54, 1.807) is 0 Å². The third kappa shape index (κ3) is 4.46. The Morgan fingerprint density at radius 3 is 2.71 bits per heavy atom. The van der Waals surface area contributed by atoms with Gasteiger partial charge in [0.1, 0.15) is 6.10 Å². The number of ether oxygens (including phenoxy) is 1. The molecule has 24 heavy (non-hydrogen) atoms. The maximum Gasteiger partial charge on any atom is 0.257 e. The summed E-state index contributed by atoms with van der Waals surface area (Å²) in [5.41, 5.74) is 5.94. The first kappa shape index (κ1) is 17.6. The number of rotatable bonds is 4. The summed E-state index contributed by atoms with van der Waals surface area (Å²) in [6.07, 6.45) is 5.99. The average Bonchev–Trinajstić information content (AvgIpc) is 2.52. The first-order valence-electron chi connectivity index (χ1n) is 8.61.